The van der Waals surface area contributed by atoms with Gasteiger partial charge in [-0.2, -0.15) is 0 Å². The molecule has 2 saturated heterocycles. The molecule has 0 spiro atoms. The van der Waals surface area contributed by atoms with Gasteiger partial charge in [-0.25, -0.2) is 4.98 Å². The standard InChI is InChI=1S/C61H77Cl2N9O8/c1-67(2)39-56-64-37-54(69(56)4)43-19-24-49(25-20-43)80-55-35-47(63)23-18-44(55)38-72-53(26-27-71-28-30-79-31-29-71)59(75)66-51(40-78-6)61(77)68(3)48(33-42-16-21-46(62)22-17-42)36-57(73)65-50-14-10-11-15-52(50)70(5)60(76)45(34-58(72)74)32-41-12-8-7-9-13-41/h7-9,12-13,16-25,35,37,45,48,50-53H,10-11,14-15,26-34,36,38-40H2,1-6H3,(H,65,73)(H,66,75)/t45-,48+,50+,51+,52+,53+/m1/s1. The second-order valence-electron chi connectivity index (χ2n) is 21.7. The maximum Gasteiger partial charge on any atom is 0.247 e. The van der Waals surface area contributed by atoms with Gasteiger partial charge in [0.25, 0.3) is 0 Å². The van der Waals surface area contributed by atoms with E-state index in [0.29, 0.717) is 85.8 Å². The quantitative estimate of drug-likeness (QED) is 0.101. The Morgan fingerprint density at radius 1 is 0.775 bits per heavy atom. The van der Waals surface area contributed by atoms with E-state index in [2.05, 4.69) is 30.0 Å². The summed E-state index contributed by atoms with van der Waals surface area (Å²) in [5.74, 6) is -1.10. The Kier molecular flexibility index (Phi) is 21.2. The summed E-state index contributed by atoms with van der Waals surface area (Å²) in [6, 6.07) is 25.9. The second kappa shape index (κ2) is 28.4. The number of nitrogens with zero attached hydrogens (tertiary/aromatic N) is 7. The molecule has 2 N–H and O–H groups in total. The van der Waals surface area contributed by atoms with Gasteiger partial charge in [-0.05, 0) is 106 Å². The van der Waals surface area contributed by atoms with Crippen molar-refractivity contribution in [3.05, 3.63) is 136 Å². The maximum absolute atomic E-state index is 15.9. The van der Waals surface area contributed by atoms with E-state index in [1.165, 1.54) is 12.0 Å². The number of benzene rings is 4. The number of hydrogen-bond donors (Lipinski definition) is 2. The van der Waals surface area contributed by atoms with Crippen molar-refractivity contribution >= 4 is 52.7 Å². The topological polar surface area (TPSA) is 171 Å². The van der Waals surface area contributed by atoms with Gasteiger partial charge in [0.1, 0.15) is 29.4 Å². The first-order valence-corrected chi connectivity index (χ1v) is 28.5. The third kappa shape index (κ3) is 15.8. The van der Waals surface area contributed by atoms with Crippen LogP contribution in [-0.4, -0.2) is 169 Å². The van der Waals surface area contributed by atoms with Crippen LogP contribution in [0, 0.1) is 5.92 Å². The number of halogens is 2. The number of hydrogen-bond acceptors (Lipinski definition) is 11. The number of imidazole rings is 1. The molecule has 0 unspecified atom stereocenters. The first kappa shape index (κ1) is 59.8. The van der Waals surface area contributed by atoms with Gasteiger partial charge < -0.3 is 49.0 Å². The highest BCUT2D eigenvalue weighted by Gasteiger charge is 2.40. The van der Waals surface area contributed by atoms with Crippen LogP contribution in [0.3, 0.4) is 0 Å². The minimum absolute atomic E-state index is 0.0571. The smallest absolute Gasteiger partial charge is 0.247 e. The third-order valence-corrected chi connectivity index (χ3v) is 16.3. The number of carbonyl (C=O) groups excluding carboxylic acids is 5. The van der Waals surface area contributed by atoms with Crippen molar-refractivity contribution in [2.24, 2.45) is 13.0 Å². The number of fused-ring (bicyclic) bond motifs is 1. The van der Waals surface area contributed by atoms with Crippen molar-refractivity contribution in [1.82, 2.24) is 44.7 Å². The molecule has 17 nitrogen and oxygen atoms in total. The van der Waals surface area contributed by atoms with E-state index in [4.69, 9.17) is 37.4 Å². The average Bonchev–Trinajstić information content (AvgIpc) is 3.85. The van der Waals surface area contributed by atoms with Crippen LogP contribution in [0.4, 0.5) is 0 Å². The Hall–Kier alpha value is -6.34. The number of likely N-dealkylation sites (N-methyl/N-ethyl adjacent to an activating group) is 2. The molecule has 3 heterocycles. The molecule has 0 bridgehead atoms. The van der Waals surface area contributed by atoms with Crippen molar-refractivity contribution < 1.29 is 38.2 Å². The zero-order valence-electron chi connectivity index (χ0n) is 47.0. The lowest BCUT2D eigenvalue weighted by molar-refractivity contribution is -0.148. The molecule has 3 fully saturated rings. The molecule has 4 aromatic carbocycles. The normalized spacial score (nSPS) is 22.4. The fourth-order valence-electron chi connectivity index (χ4n) is 11.3. The predicted molar refractivity (Wildman–Crippen MR) is 309 cm³/mol. The second-order valence-corrected chi connectivity index (χ2v) is 22.6. The van der Waals surface area contributed by atoms with E-state index in [1.54, 1.807) is 54.2 Å². The summed E-state index contributed by atoms with van der Waals surface area (Å²) in [4.78, 5) is 89.8. The Labute approximate surface area is 480 Å². The van der Waals surface area contributed by atoms with Crippen LogP contribution in [0.25, 0.3) is 11.3 Å². The number of methoxy groups -OCH3 is 1. The molecule has 428 valence electrons. The molecule has 2 aliphatic heterocycles. The predicted octanol–water partition coefficient (Wildman–Crippen LogP) is 7.41. The SMILES string of the molecule is COC[C@@H]1NC(=O)[C@H](CCN2CCOCC2)N(Cc2ccc(Cl)cc2Oc2ccc(-c3cnc(CN(C)C)n3C)cc2)C(=O)C[C@@H](Cc2ccccc2)C(=O)N(C)[C@H]2CCCC[C@@H]2NC(=O)C[C@H](Cc2ccc(Cl)cc2)N(C)C1=O. The fourth-order valence-corrected chi connectivity index (χ4v) is 11.5. The van der Waals surface area contributed by atoms with E-state index >= 15 is 19.2 Å². The van der Waals surface area contributed by atoms with Crippen LogP contribution < -0.4 is 15.4 Å². The van der Waals surface area contributed by atoms with Crippen LogP contribution in [0.1, 0.15) is 67.5 Å². The summed E-state index contributed by atoms with van der Waals surface area (Å²) in [5.41, 5.74) is 4.15. The summed E-state index contributed by atoms with van der Waals surface area (Å²) in [5, 5.41) is 7.25. The number of ether oxygens (including phenoxy) is 3. The lowest BCUT2D eigenvalue weighted by atomic mass is 9.87. The molecular weight excluding hydrogens is 1060 g/mol. The number of nitrogens with one attached hydrogen (secondary N) is 2. The number of rotatable bonds is 16. The van der Waals surface area contributed by atoms with E-state index in [1.807, 2.05) is 94.1 Å². The lowest BCUT2D eigenvalue weighted by Crippen LogP contribution is -2.59. The molecule has 1 aliphatic carbocycles. The largest absolute Gasteiger partial charge is 0.457 e. The van der Waals surface area contributed by atoms with Crippen LogP contribution in [0.2, 0.25) is 10.0 Å². The summed E-state index contributed by atoms with van der Waals surface area (Å²) < 4.78 is 20.1. The molecule has 80 heavy (non-hydrogen) atoms. The van der Waals surface area contributed by atoms with Gasteiger partial charge in [0.2, 0.25) is 29.5 Å². The Balaban J connectivity index is 1.21. The third-order valence-electron chi connectivity index (χ3n) is 15.8. The molecule has 5 amide bonds. The molecular formula is C61H77Cl2N9O8. The number of amides is 5. The van der Waals surface area contributed by atoms with Crippen molar-refractivity contribution in [3.63, 3.8) is 0 Å². The minimum Gasteiger partial charge on any atom is -0.457 e. The highest BCUT2D eigenvalue weighted by atomic mass is 35.5. The van der Waals surface area contributed by atoms with Crippen LogP contribution in [-0.2, 0) is 66.4 Å². The van der Waals surface area contributed by atoms with Gasteiger partial charge in [0.15, 0.2) is 0 Å². The monoisotopic (exact) mass is 1130 g/mol. The molecule has 5 aromatic rings. The van der Waals surface area contributed by atoms with E-state index in [0.717, 1.165) is 41.1 Å². The summed E-state index contributed by atoms with van der Waals surface area (Å²) in [6.07, 6.45) is 5.23. The molecule has 8 rings (SSSR count). The highest BCUT2D eigenvalue weighted by molar-refractivity contribution is 6.31. The molecule has 1 saturated carbocycles. The number of carbonyl (C=O) groups is 5. The summed E-state index contributed by atoms with van der Waals surface area (Å²) in [6.45, 7) is 3.03. The molecule has 0 radical (unpaired) electrons. The van der Waals surface area contributed by atoms with Gasteiger partial charge in [-0.15, -0.1) is 0 Å². The maximum atomic E-state index is 15.9. The van der Waals surface area contributed by atoms with Crippen LogP contribution >= 0.6 is 23.2 Å². The van der Waals surface area contributed by atoms with Gasteiger partial charge >= 0.3 is 0 Å². The zero-order chi connectivity index (χ0) is 56.9. The fraction of sp³-hybridized carbons (Fsp3) is 0.475. The van der Waals surface area contributed by atoms with Crippen LogP contribution in [0.15, 0.2) is 103 Å². The summed E-state index contributed by atoms with van der Waals surface area (Å²) >= 11 is 13.0. The number of aromatic nitrogens is 2. The number of morpholine rings is 1. The van der Waals surface area contributed by atoms with E-state index < -0.39 is 41.8 Å². The van der Waals surface area contributed by atoms with Gasteiger partial charge in [-0.1, -0.05) is 84.6 Å². The van der Waals surface area contributed by atoms with Gasteiger partial charge in [0.05, 0.1) is 56.8 Å². The molecule has 6 atom stereocenters. The Morgan fingerprint density at radius 3 is 2.19 bits per heavy atom. The van der Waals surface area contributed by atoms with Crippen molar-refractivity contribution in [2.45, 2.75) is 101 Å². The van der Waals surface area contributed by atoms with E-state index in [-0.39, 0.29) is 62.7 Å². The minimum atomic E-state index is -1.22. The van der Waals surface area contributed by atoms with Crippen molar-refractivity contribution in [1.29, 1.82) is 0 Å². The Bertz CT molecular complexity index is 2880. The van der Waals surface area contributed by atoms with Gasteiger partial charge in [0, 0.05) is 94.0 Å². The van der Waals surface area contributed by atoms with Crippen LogP contribution in [0.5, 0.6) is 11.5 Å². The summed E-state index contributed by atoms with van der Waals surface area (Å²) in [7, 11) is 10.8. The van der Waals surface area contributed by atoms with Crippen molar-refractivity contribution in [3.8, 4) is 22.8 Å². The highest BCUT2D eigenvalue weighted by Crippen LogP contribution is 2.34. The molecule has 19 heteroatoms. The van der Waals surface area contributed by atoms with E-state index in [9.17, 15) is 4.79 Å². The lowest BCUT2D eigenvalue weighted by Gasteiger charge is -2.41. The van der Waals surface area contributed by atoms with Gasteiger partial charge in [-0.3, -0.25) is 28.9 Å². The Morgan fingerprint density at radius 2 is 1.48 bits per heavy atom. The zero-order valence-corrected chi connectivity index (χ0v) is 48.5. The molecule has 1 aromatic heterocycles. The first-order valence-electron chi connectivity index (χ1n) is 27.8. The average molecular weight is 1140 g/mol. The van der Waals surface area contributed by atoms with Crippen molar-refractivity contribution in [2.75, 3.05) is 74.8 Å². The first-order chi connectivity index (χ1) is 38.5. The molecule has 3 aliphatic rings.